The number of rotatable bonds is 5. The Morgan fingerprint density at radius 1 is 0.947 bits per heavy atom. The molecule has 0 unspecified atom stereocenters. The molecule has 0 aromatic heterocycles. The molecule has 0 aliphatic heterocycles. The van der Waals surface area contributed by atoms with Crippen LogP contribution in [0.3, 0.4) is 0 Å². The number of amides is 1. The van der Waals surface area contributed by atoms with Gasteiger partial charge in [0.1, 0.15) is 0 Å². The summed E-state index contributed by atoms with van der Waals surface area (Å²) in [6.07, 6.45) is 13.8. The van der Waals surface area contributed by atoms with Crippen LogP contribution in [0.4, 0.5) is 0 Å². The second kappa shape index (κ2) is 8.28. The van der Waals surface area contributed by atoms with Crippen LogP contribution < -0.4 is 0 Å². The van der Waals surface area contributed by atoms with Crippen molar-refractivity contribution in [3.05, 3.63) is 0 Å². The standard InChI is InChI=1S/C16H28BrNO/c17-11-12-18(15-9-5-6-10-15)16(19)13-14-7-3-1-2-4-8-14/h14-15H,1-13H2. The van der Waals surface area contributed by atoms with Crippen molar-refractivity contribution in [1.29, 1.82) is 0 Å². The first-order chi connectivity index (χ1) is 9.31. The molecule has 0 spiro atoms. The third kappa shape index (κ3) is 4.77. The molecule has 2 aliphatic carbocycles. The van der Waals surface area contributed by atoms with Gasteiger partial charge in [0.25, 0.3) is 0 Å². The smallest absolute Gasteiger partial charge is 0.223 e. The van der Waals surface area contributed by atoms with Crippen molar-refractivity contribution in [2.75, 3.05) is 11.9 Å². The van der Waals surface area contributed by atoms with Gasteiger partial charge in [-0.05, 0) is 31.6 Å². The molecule has 0 N–H and O–H groups in total. The number of carbonyl (C=O) groups is 1. The zero-order valence-corrected chi connectivity index (χ0v) is 13.7. The molecule has 3 heteroatoms. The monoisotopic (exact) mass is 329 g/mol. The molecular weight excluding hydrogens is 302 g/mol. The van der Waals surface area contributed by atoms with E-state index in [2.05, 4.69) is 20.8 Å². The Kier molecular flexibility index (Phi) is 6.69. The molecule has 2 nitrogen and oxygen atoms in total. The van der Waals surface area contributed by atoms with Crippen molar-refractivity contribution in [1.82, 2.24) is 4.90 Å². The second-order valence-corrected chi connectivity index (χ2v) is 7.07. The molecule has 2 aliphatic rings. The number of nitrogens with zero attached hydrogens (tertiary/aromatic N) is 1. The summed E-state index contributed by atoms with van der Waals surface area (Å²) in [5, 5.41) is 0.917. The van der Waals surface area contributed by atoms with Gasteiger partial charge in [-0.15, -0.1) is 0 Å². The van der Waals surface area contributed by atoms with Crippen LogP contribution in [-0.4, -0.2) is 28.7 Å². The summed E-state index contributed by atoms with van der Waals surface area (Å²) in [6, 6.07) is 0.538. The van der Waals surface area contributed by atoms with Crippen LogP contribution in [0, 0.1) is 5.92 Å². The van der Waals surface area contributed by atoms with E-state index in [0.29, 0.717) is 17.9 Å². The maximum Gasteiger partial charge on any atom is 0.223 e. The molecule has 2 fully saturated rings. The third-order valence-electron chi connectivity index (χ3n) is 4.85. The van der Waals surface area contributed by atoms with Gasteiger partial charge in [-0.1, -0.05) is 54.5 Å². The van der Waals surface area contributed by atoms with Gasteiger partial charge >= 0.3 is 0 Å². The topological polar surface area (TPSA) is 20.3 Å². The molecule has 1 amide bonds. The SMILES string of the molecule is O=C(CC1CCCCCC1)N(CCBr)C1CCCC1. The molecule has 19 heavy (non-hydrogen) atoms. The van der Waals surface area contributed by atoms with E-state index < -0.39 is 0 Å². The van der Waals surface area contributed by atoms with Crippen molar-refractivity contribution in [3.63, 3.8) is 0 Å². The van der Waals surface area contributed by atoms with Crippen LogP contribution >= 0.6 is 15.9 Å². The lowest BCUT2D eigenvalue weighted by atomic mass is 9.95. The normalized spacial score (nSPS) is 22.4. The molecule has 0 saturated heterocycles. The van der Waals surface area contributed by atoms with Crippen molar-refractivity contribution in [2.45, 2.75) is 76.7 Å². The molecule has 0 radical (unpaired) electrons. The molecule has 2 saturated carbocycles. The van der Waals surface area contributed by atoms with Gasteiger partial charge in [-0.25, -0.2) is 0 Å². The average Bonchev–Trinajstić information content (AvgIpc) is 2.81. The number of carbonyl (C=O) groups excluding carboxylic acids is 1. The summed E-state index contributed by atoms with van der Waals surface area (Å²) in [4.78, 5) is 14.8. The lowest BCUT2D eigenvalue weighted by Crippen LogP contribution is -2.40. The molecule has 110 valence electrons. The molecule has 0 atom stereocenters. The fraction of sp³-hybridized carbons (Fsp3) is 0.938. The minimum absolute atomic E-state index is 0.429. The number of hydrogen-bond acceptors (Lipinski definition) is 1. The van der Waals surface area contributed by atoms with E-state index in [1.807, 2.05) is 0 Å². The first kappa shape index (κ1) is 15.3. The fourth-order valence-electron chi connectivity index (χ4n) is 3.75. The van der Waals surface area contributed by atoms with E-state index in [9.17, 15) is 4.79 Å². The van der Waals surface area contributed by atoms with E-state index in [1.165, 1.54) is 64.2 Å². The van der Waals surface area contributed by atoms with Crippen LogP contribution in [0.5, 0.6) is 0 Å². The van der Waals surface area contributed by atoms with Crippen molar-refractivity contribution in [2.24, 2.45) is 5.92 Å². The fourth-order valence-corrected chi connectivity index (χ4v) is 4.13. The number of halogens is 1. The highest BCUT2D eigenvalue weighted by Crippen LogP contribution is 2.28. The second-order valence-electron chi connectivity index (χ2n) is 6.28. The minimum Gasteiger partial charge on any atom is -0.339 e. The zero-order chi connectivity index (χ0) is 13.5. The van der Waals surface area contributed by atoms with Crippen LogP contribution in [0.15, 0.2) is 0 Å². The van der Waals surface area contributed by atoms with Crippen LogP contribution in [0.25, 0.3) is 0 Å². The van der Waals surface area contributed by atoms with Gasteiger partial charge in [0.05, 0.1) is 0 Å². The Balaban J connectivity index is 1.86. The van der Waals surface area contributed by atoms with Gasteiger partial charge < -0.3 is 4.90 Å². The van der Waals surface area contributed by atoms with Crippen LogP contribution in [-0.2, 0) is 4.79 Å². The van der Waals surface area contributed by atoms with E-state index >= 15 is 0 Å². The largest absolute Gasteiger partial charge is 0.339 e. The van der Waals surface area contributed by atoms with E-state index in [4.69, 9.17) is 0 Å². The molecule has 0 bridgehead atoms. The molecule has 2 rings (SSSR count). The van der Waals surface area contributed by atoms with Crippen molar-refractivity contribution < 1.29 is 4.79 Å². The first-order valence-corrected chi connectivity index (χ1v) is 9.29. The molecule has 0 aromatic carbocycles. The Hall–Kier alpha value is -0.0500. The molecular formula is C16H28BrNO. The highest BCUT2D eigenvalue weighted by atomic mass is 79.9. The lowest BCUT2D eigenvalue weighted by molar-refractivity contribution is -0.134. The van der Waals surface area contributed by atoms with E-state index in [-0.39, 0.29) is 0 Å². The summed E-state index contributed by atoms with van der Waals surface area (Å²) in [6.45, 7) is 0.899. The Labute approximate surface area is 126 Å². The highest BCUT2D eigenvalue weighted by molar-refractivity contribution is 9.09. The highest BCUT2D eigenvalue weighted by Gasteiger charge is 2.27. The third-order valence-corrected chi connectivity index (χ3v) is 5.20. The van der Waals surface area contributed by atoms with Crippen molar-refractivity contribution >= 4 is 21.8 Å². The van der Waals surface area contributed by atoms with Gasteiger partial charge in [0.15, 0.2) is 0 Å². The summed E-state index contributed by atoms with van der Waals surface area (Å²) in [5.74, 6) is 1.09. The first-order valence-electron chi connectivity index (χ1n) is 8.16. The number of alkyl halides is 1. The average molecular weight is 330 g/mol. The summed E-state index contributed by atoms with van der Waals surface area (Å²) < 4.78 is 0. The summed E-state index contributed by atoms with van der Waals surface area (Å²) in [7, 11) is 0. The van der Waals surface area contributed by atoms with Crippen LogP contribution in [0.2, 0.25) is 0 Å². The zero-order valence-electron chi connectivity index (χ0n) is 12.1. The molecule has 0 aromatic rings. The minimum atomic E-state index is 0.429. The Morgan fingerprint density at radius 2 is 1.53 bits per heavy atom. The van der Waals surface area contributed by atoms with E-state index in [0.717, 1.165) is 18.3 Å². The predicted molar refractivity (Wildman–Crippen MR) is 83.6 cm³/mol. The Morgan fingerprint density at radius 3 is 2.11 bits per heavy atom. The number of hydrogen-bond donors (Lipinski definition) is 0. The predicted octanol–water partition coefficient (Wildman–Crippen LogP) is 4.51. The maximum absolute atomic E-state index is 12.6. The molecule has 0 heterocycles. The van der Waals surface area contributed by atoms with Gasteiger partial charge in [-0.2, -0.15) is 0 Å². The maximum atomic E-state index is 12.6. The van der Waals surface area contributed by atoms with Crippen molar-refractivity contribution in [3.8, 4) is 0 Å². The quantitative estimate of drug-likeness (QED) is 0.536. The summed E-state index contributed by atoms with van der Waals surface area (Å²) in [5.41, 5.74) is 0. The lowest BCUT2D eigenvalue weighted by Gasteiger charge is -2.30. The van der Waals surface area contributed by atoms with Crippen LogP contribution in [0.1, 0.15) is 70.6 Å². The summed E-state index contributed by atoms with van der Waals surface area (Å²) >= 11 is 3.51. The van der Waals surface area contributed by atoms with E-state index in [1.54, 1.807) is 0 Å². The Bertz CT molecular complexity index is 268. The van der Waals surface area contributed by atoms with Gasteiger partial charge in [0.2, 0.25) is 5.91 Å². The van der Waals surface area contributed by atoms with Gasteiger partial charge in [0, 0.05) is 24.3 Å². The van der Waals surface area contributed by atoms with Gasteiger partial charge in [-0.3, -0.25) is 4.79 Å².